The van der Waals surface area contributed by atoms with Crippen LogP contribution in [0.4, 0.5) is 0 Å². The Morgan fingerprint density at radius 3 is 2.05 bits per heavy atom. The molecule has 1 fully saturated rings. The molecule has 2 aromatic carbocycles. The minimum absolute atomic E-state index is 0.0545. The van der Waals surface area contributed by atoms with Crippen LogP contribution in [0.15, 0.2) is 78.3 Å². The van der Waals surface area contributed by atoms with Crippen molar-refractivity contribution in [3.63, 3.8) is 0 Å². The minimum atomic E-state index is -1.55. The highest BCUT2D eigenvalue weighted by molar-refractivity contribution is 8.76. The van der Waals surface area contributed by atoms with Crippen LogP contribution in [-0.4, -0.2) is 146 Å². The van der Waals surface area contributed by atoms with Crippen molar-refractivity contribution in [2.75, 3.05) is 18.1 Å². The number of unbranched alkanes of at least 4 members (excludes halogenated alkanes) is 1. The van der Waals surface area contributed by atoms with Gasteiger partial charge < -0.3 is 69.1 Å². The zero-order chi connectivity index (χ0) is 54.4. The van der Waals surface area contributed by atoms with Crippen LogP contribution in [0.1, 0.15) is 69.7 Å². The van der Waals surface area contributed by atoms with Crippen LogP contribution in [0, 0.1) is 0 Å². The fourth-order valence-corrected chi connectivity index (χ4v) is 10.3. The number of carboxylic acids is 1. The monoisotopic (exact) mass is 1070 g/mol. The van der Waals surface area contributed by atoms with Gasteiger partial charge in [-0.25, -0.2) is 9.78 Å². The average molecular weight is 1080 g/mol. The Balaban J connectivity index is 1.56. The molecule has 2 aromatic heterocycles. The second-order valence-electron chi connectivity index (χ2n) is 17.9. The van der Waals surface area contributed by atoms with Gasteiger partial charge in [0, 0.05) is 73.2 Å². The molecule has 75 heavy (non-hydrogen) atoms. The minimum Gasteiger partial charge on any atom is -0.480 e. The molecular weight excluding hydrogens is 1010 g/mol. The van der Waals surface area contributed by atoms with Crippen LogP contribution < -0.4 is 54.0 Å². The molecule has 1 saturated heterocycles. The number of imidazole rings is 1. The highest BCUT2D eigenvalue weighted by Crippen LogP contribution is 2.24. The summed E-state index contributed by atoms with van der Waals surface area (Å²) in [7, 11) is 1.95. The second-order valence-corrected chi connectivity index (χ2v) is 20.4. The molecule has 1 aliphatic heterocycles. The van der Waals surface area contributed by atoms with Crippen LogP contribution in [0.2, 0.25) is 0 Å². The van der Waals surface area contributed by atoms with E-state index in [4.69, 9.17) is 11.5 Å². The van der Waals surface area contributed by atoms with E-state index in [1.807, 2.05) is 25.1 Å². The van der Waals surface area contributed by atoms with E-state index in [9.17, 15) is 48.3 Å². The van der Waals surface area contributed by atoms with E-state index < -0.39 is 102 Å². The normalized spacial score (nSPS) is 22.2. The lowest BCUT2D eigenvalue weighted by atomic mass is 10.0. The van der Waals surface area contributed by atoms with Crippen LogP contribution in [-0.2, 0) is 62.4 Å². The molecule has 1 aliphatic rings. The number of nitrogens with zero attached hydrogens (tertiary/aromatic N) is 2. The standard InChI is InChI=1S/C49H66N14O10S2/c1-4-5-15-34(57-28(3)64)42(66)62-39-24-74-75-25-40(48(72)73)63-45(69)37(20-30-22-54-33-16-10-9-14-32(30)33)61-43(67)35(17-11-18-53-49(50)51)58-44(68)36(19-29-12-7-6-8-13-29)60-46(70)38(21-31-23-52-26-55-31)59-41(65)27(2)56-47(39)71/h6-10,12-14,16,22-23,26-27,34-40,54H,4-5,11,15,17-21,24-25H2,1-3H3,(H,52,55)(H,56,71)(H,57,64)(H,58,68)(H,59,65)(H,60,70)(H,61,67)(H,62,66)(H,63,69)(H,72,73)(H4,50,51,53)/t27-,34+,35+,36-,37+,38+,39+,40+/m1/s1. The van der Waals surface area contributed by atoms with E-state index in [0.29, 0.717) is 29.7 Å². The highest BCUT2D eigenvalue weighted by Gasteiger charge is 2.35. The predicted octanol–water partition coefficient (Wildman–Crippen LogP) is -0.439. The summed E-state index contributed by atoms with van der Waals surface area (Å²) in [5, 5.41) is 32.4. The molecule has 0 spiro atoms. The van der Waals surface area contributed by atoms with Crippen molar-refractivity contribution in [2.24, 2.45) is 16.5 Å². The number of guanidine groups is 1. The molecule has 0 radical (unpaired) electrons. The summed E-state index contributed by atoms with van der Waals surface area (Å²) in [6.07, 6.45) is 5.72. The number of rotatable bonds is 17. The number of aliphatic imine (C=N–C) groups is 1. The zero-order valence-corrected chi connectivity index (χ0v) is 43.4. The average Bonchev–Trinajstić information content (AvgIpc) is 4.05. The van der Waals surface area contributed by atoms with Crippen molar-refractivity contribution in [1.82, 2.24) is 57.5 Å². The Labute approximate surface area is 440 Å². The van der Waals surface area contributed by atoms with Gasteiger partial charge in [-0.3, -0.25) is 43.3 Å². The van der Waals surface area contributed by atoms with Crippen molar-refractivity contribution in [2.45, 2.75) is 120 Å². The Bertz CT molecular complexity index is 2630. The van der Waals surface area contributed by atoms with Gasteiger partial charge in [0.1, 0.15) is 48.3 Å². The summed E-state index contributed by atoms with van der Waals surface area (Å²) in [4.78, 5) is 139. The quantitative estimate of drug-likeness (QED) is 0.0276. The number of carboxylic acid groups (broad SMARTS) is 1. The summed E-state index contributed by atoms with van der Waals surface area (Å²) in [6, 6.07) is 5.14. The fraction of sp³-hybridized carbons (Fsp3) is 0.449. The van der Waals surface area contributed by atoms with E-state index in [1.54, 1.807) is 42.6 Å². The van der Waals surface area contributed by atoms with Crippen molar-refractivity contribution >= 4 is 91.7 Å². The van der Waals surface area contributed by atoms with Crippen molar-refractivity contribution in [3.8, 4) is 0 Å². The maximum absolute atomic E-state index is 14.6. The number of hydrogen-bond donors (Lipinski definition) is 13. The van der Waals surface area contributed by atoms with Crippen LogP contribution >= 0.6 is 21.6 Å². The van der Waals surface area contributed by atoms with Gasteiger partial charge in [-0.05, 0) is 43.4 Å². The van der Waals surface area contributed by atoms with Gasteiger partial charge in [-0.1, -0.05) is 89.9 Å². The van der Waals surface area contributed by atoms with Crippen molar-refractivity contribution < 1.29 is 48.3 Å². The fourth-order valence-electron chi connectivity index (χ4n) is 7.94. The molecule has 8 amide bonds. The highest BCUT2D eigenvalue weighted by atomic mass is 33.1. The van der Waals surface area contributed by atoms with E-state index in [1.165, 1.54) is 26.4 Å². The van der Waals surface area contributed by atoms with Gasteiger partial charge in [0.2, 0.25) is 47.3 Å². The van der Waals surface area contributed by atoms with Crippen LogP contribution in [0.3, 0.4) is 0 Å². The van der Waals surface area contributed by atoms with Gasteiger partial charge in [-0.15, -0.1) is 0 Å². The van der Waals surface area contributed by atoms with E-state index in [2.05, 4.69) is 62.5 Å². The van der Waals surface area contributed by atoms with Gasteiger partial charge in [0.05, 0.1) is 6.33 Å². The summed E-state index contributed by atoms with van der Waals surface area (Å²) in [5.41, 5.74) is 13.5. The number of benzene rings is 2. The molecule has 4 aromatic rings. The van der Waals surface area contributed by atoms with Gasteiger partial charge in [-0.2, -0.15) is 0 Å². The molecule has 26 heteroatoms. The number of aromatic amines is 2. The first kappa shape index (κ1) is 58.3. The zero-order valence-electron chi connectivity index (χ0n) is 41.8. The first-order valence-corrected chi connectivity index (χ1v) is 26.9. The van der Waals surface area contributed by atoms with E-state index >= 15 is 0 Å². The number of nitrogens with one attached hydrogen (secondary N) is 10. The number of fused-ring (bicyclic) bond motifs is 1. The number of para-hydroxylation sites is 1. The molecule has 0 bridgehead atoms. The summed E-state index contributed by atoms with van der Waals surface area (Å²) >= 11 is 0. The van der Waals surface area contributed by atoms with Crippen molar-refractivity contribution in [3.05, 3.63) is 90.1 Å². The van der Waals surface area contributed by atoms with Crippen LogP contribution in [0.25, 0.3) is 10.9 Å². The SMILES string of the molecule is CCCC[C@H](NC(C)=O)C(=O)N[C@H]1CSSC[C@@H](C(=O)O)NC(=O)[C@H](Cc2c[nH]c3ccccc23)NC(=O)[C@H](CCCN=C(N)N)NC(=O)[C@@H](Cc2ccccc2)NC(=O)[C@H](Cc2cnc[nH]2)NC(=O)[C@@H](C)NC1=O. The Morgan fingerprint density at radius 1 is 0.760 bits per heavy atom. The van der Waals surface area contributed by atoms with Gasteiger partial charge in [0.25, 0.3) is 0 Å². The molecule has 0 aliphatic carbocycles. The van der Waals surface area contributed by atoms with E-state index in [-0.39, 0.29) is 62.5 Å². The summed E-state index contributed by atoms with van der Waals surface area (Å²) in [5.74, 6) is -8.22. The number of H-pyrrole nitrogens is 2. The second kappa shape index (κ2) is 29.3. The smallest absolute Gasteiger partial charge is 0.327 e. The van der Waals surface area contributed by atoms with Gasteiger partial charge in [0.15, 0.2) is 5.96 Å². The van der Waals surface area contributed by atoms with Crippen molar-refractivity contribution in [1.29, 1.82) is 0 Å². The maximum atomic E-state index is 14.6. The molecule has 404 valence electrons. The number of carbonyl (C=O) groups is 9. The molecular formula is C49H66N14O10S2. The first-order chi connectivity index (χ1) is 35.9. The number of amides is 8. The number of hydrogen-bond acceptors (Lipinski definition) is 13. The molecule has 8 atom stereocenters. The third kappa shape index (κ3) is 18.7. The number of nitrogens with two attached hydrogens (primary N) is 2. The molecule has 24 nitrogen and oxygen atoms in total. The topological polar surface area (TPSA) is 379 Å². The molecule has 0 unspecified atom stereocenters. The first-order valence-electron chi connectivity index (χ1n) is 24.4. The van der Waals surface area contributed by atoms with Gasteiger partial charge >= 0.3 is 5.97 Å². The summed E-state index contributed by atoms with van der Waals surface area (Å²) < 4.78 is 0. The largest absolute Gasteiger partial charge is 0.480 e. The third-order valence-corrected chi connectivity index (χ3v) is 14.4. The Morgan fingerprint density at radius 2 is 1.39 bits per heavy atom. The lowest BCUT2D eigenvalue weighted by molar-refractivity contribution is -0.141. The Hall–Kier alpha value is -7.61. The molecule has 15 N–H and O–H groups in total. The van der Waals surface area contributed by atoms with E-state index in [0.717, 1.165) is 32.5 Å². The maximum Gasteiger partial charge on any atom is 0.327 e. The van der Waals surface area contributed by atoms with Crippen LogP contribution in [0.5, 0.6) is 0 Å². The third-order valence-electron chi connectivity index (χ3n) is 11.9. The number of carbonyl (C=O) groups excluding carboxylic acids is 8. The number of aliphatic carboxylic acids is 1. The lowest BCUT2D eigenvalue weighted by Crippen LogP contribution is -2.60. The number of aromatic nitrogens is 3. The molecule has 0 saturated carbocycles. The lowest BCUT2D eigenvalue weighted by Gasteiger charge is -2.27. The Kier molecular flexibility index (Phi) is 22.8. The molecule has 5 rings (SSSR count). The predicted molar refractivity (Wildman–Crippen MR) is 283 cm³/mol. The summed E-state index contributed by atoms with van der Waals surface area (Å²) in [6.45, 7) is 4.57. The molecule has 3 heterocycles.